The van der Waals surface area contributed by atoms with Gasteiger partial charge in [-0.3, -0.25) is 4.79 Å². The predicted octanol–water partition coefficient (Wildman–Crippen LogP) is 2.31. The summed E-state index contributed by atoms with van der Waals surface area (Å²) in [4.78, 5) is 11.7. The Morgan fingerprint density at radius 3 is 2.58 bits per heavy atom. The fraction of sp³-hybridized carbons (Fsp3) is 0.533. The molecule has 1 aromatic rings. The molecule has 1 amide bonds. The van der Waals surface area contributed by atoms with Gasteiger partial charge < -0.3 is 15.8 Å². The van der Waals surface area contributed by atoms with Crippen molar-refractivity contribution in [3.63, 3.8) is 0 Å². The third-order valence-corrected chi connectivity index (χ3v) is 2.53. The van der Waals surface area contributed by atoms with E-state index < -0.39 is 0 Å². The number of rotatable bonds is 4. The molecule has 0 saturated carbocycles. The zero-order valence-electron chi connectivity index (χ0n) is 12.4. The predicted molar refractivity (Wildman–Crippen MR) is 77.2 cm³/mol. The molecule has 0 saturated heterocycles. The molecule has 1 unspecified atom stereocenters. The van der Waals surface area contributed by atoms with E-state index in [1.54, 1.807) is 0 Å². The van der Waals surface area contributed by atoms with Crippen LogP contribution < -0.4 is 15.8 Å². The number of nitrogens with one attached hydrogen (secondary N) is 1. The molecule has 19 heavy (non-hydrogen) atoms. The lowest BCUT2D eigenvalue weighted by molar-refractivity contribution is -0.124. The average Bonchev–Trinajstić information content (AvgIpc) is 2.23. The number of hydrogen-bond donors (Lipinski definition) is 2. The maximum absolute atomic E-state index is 11.7. The van der Waals surface area contributed by atoms with E-state index in [0.29, 0.717) is 5.75 Å². The largest absolute Gasteiger partial charge is 0.483 e. The first-order chi connectivity index (χ1) is 8.69. The van der Waals surface area contributed by atoms with E-state index in [1.165, 1.54) is 0 Å². The molecule has 4 heteroatoms. The second-order valence-electron chi connectivity index (χ2n) is 5.92. The summed E-state index contributed by atoms with van der Waals surface area (Å²) in [5.41, 5.74) is 7.63. The Labute approximate surface area is 115 Å². The average molecular weight is 264 g/mol. The molecule has 0 heterocycles. The van der Waals surface area contributed by atoms with E-state index >= 15 is 0 Å². The molecule has 106 valence electrons. The first-order valence-corrected chi connectivity index (χ1v) is 6.49. The molecule has 0 fully saturated rings. The summed E-state index contributed by atoms with van der Waals surface area (Å²) < 4.78 is 5.59. The minimum atomic E-state index is -0.253. The highest BCUT2D eigenvalue weighted by Gasteiger charge is 2.15. The van der Waals surface area contributed by atoms with Crippen molar-refractivity contribution in [3.8, 4) is 5.75 Å². The number of aryl methyl sites for hydroxylation is 1. The molecule has 1 atom stereocenters. The van der Waals surface area contributed by atoms with Gasteiger partial charge in [-0.25, -0.2) is 0 Å². The van der Waals surface area contributed by atoms with Gasteiger partial charge in [0, 0.05) is 17.1 Å². The molecular formula is C15H24N2O2. The van der Waals surface area contributed by atoms with Gasteiger partial charge in [0.05, 0.1) is 0 Å². The highest BCUT2D eigenvalue weighted by molar-refractivity contribution is 5.78. The van der Waals surface area contributed by atoms with Gasteiger partial charge in [0.15, 0.2) is 6.61 Å². The van der Waals surface area contributed by atoms with E-state index in [4.69, 9.17) is 10.5 Å². The third-order valence-electron chi connectivity index (χ3n) is 2.53. The molecule has 0 spiro atoms. The van der Waals surface area contributed by atoms with Crippen molar-refractivity contribution < 1.29 is 9.53 Å². The summed E-state index contributed by atoms with van der Waals surface area (Å²) in [6.07, 6.45) is 0. The monoisotopic (exact) mass is 264 g/mol. The Kier molecular flexibility index (Phi) is 4.95. The van der Waals surface area contributed by atoms with Crippen molar-refractivity contribution in [1.29, 1.82) is 0 Å². The lowest BCUT2D eigenvalue weighted by Crippen LogP contribution is -2.43. The molecule has 3 N–H and O–H groups in total. The quantitative estimate of drug-likeness (QED) is 0.877. The van der Waals surface area contributed by atoms with Gasteiger partial charge in [-0.05, 0) is 46.2 Å². The van der Waals surface area contributed by atoms with Crippen LogP contribution in [0.3, 0.4) is 0 Å². The summed E-state index contributed by atoms with van der Waals surface area (Å²) in [5.74, 6) is 0.545. The van der Waals surface area contributed by atoms with Crippen LogP contribution in [0.15, 0.2) is 18.2 Å². The molecule has 0 aliphatic carbocycles. The van der Waals surface area contributed by atoms with Crippen molar-refractivity contribution in [2.75, 3.05) is 6.61 Å². The Bertz CT molecular complexity index is 448. The Morgan fingerprint density at radius 2 is 2.05 bits per heavy atom. The highest BCUT2D eigenvalue weighted by Crippen LogP contribution is 2.25. The number of carbonyl (C=O) groups excluding carboxylic acids is 1. The van der Waals surface area contributed by atoms with Crippen molar-refractivity contribution in [1.82, 2.24) is 5.32 Å². The third kappa shape index (κ3) is 5.30. The molecule has 4 nitrogen and oxygen atoms in total. The standard InChI is InChI=1S/C15H24N2O2/c1-10-6-7-12(11(2)16)13(8-10)19-9-14(18)17-15(3,4)5/h6-8,11H,9,16H2,1-5H3,(H,17,18). The summed E-state index contributed by atoms with van der Waals surface area (Å²) in [7, 11) is 0. The van der Waals surface area contributed by atoms with Gasteiger partial charge in [0.25, 0.3) is 5.91 Å². The summed E-state index contributed by atoms with van der Waals surface area (Å²) in [6.45, 7) is 9.68. The van der Waals surface area contributed by atoms with E-state index in [2.05, 4.69) is 5.32 Å². The number of nitrogens with two attached hydrogens (primary N) is 1. The number of benzene rings is 1. The van der Waals surface area contributed by atoms with Gasteiger partial charge in [-0.1, -0.05) is 12.1 Å². The Morgan fingerprint density at radius 1 is 1.42 bits per heavy atom. The van der Waals surface area contributed by atoms with E-state index in [0.717, 1.165) is 11.1 Å². The fourth-order valence-corrected chi connectivity index (χ4v) is 1.74. The number of amides is 1. The van der Waals surface area contributed by atoms with Gasteiger partial charge >= 0.3 is 0 Å². The number of carbonyl (C=O) groups is 1. The summed E-state index contributed by atoms with van der Waals surface area (Å²) in [5, 5.41) is 2.86. The maximum atomic E-state index is 11.7. The normalized spacial score (nSPS) is 12.9. The zero-order valence-corrected chi connectivity index (χ0v) is 12.4. The second-order valence-corrected chi connectivity index (χ2v) is 5.92. The summed E-state index contributed by atoms with van der Waals surface area (Å²) >= 11 is 0. The minimum absolute atomic E-state index is 0.000440. The molecule has 0 aliphatic heterocycles. The van der Waals surface area contributed by atoms with Gasteiger partial charge in [-0.15, -0.1) is 0 Å². The second kappa shape index (κ2) is 6.06. The van der Waals surface area contributed by atoms with Crippen LogP contribution in [0.4, 0.5) is 0 Å². The van der Waals surface area contributed by atoms with Gasteiger partial charge in [-0.2, -0.15) is 0 Å². The highest BCUT2D eigenvalue weighted by atomic mass is 16.5. The van der Waals surface area contributed by atoms with E-state index in [9.17, 15) is 4.79 Å². The molecular weight excluding hydrogens is 240 g/mol. The van der Waals surface area contributed by atoms with Gasteiger partial charge in [0.2, 0.25) is 0 Å². The first-order valence-electron chi connectivity index (χ1n) is 6.49. The van der Waals surface area contributed by atoms with Crippen LogP contribution in [-0.4, -0.2) is 18.1 Å². The van der Waals surface area contributed by atoms with Crippen LogP contribution in [0.2, 0.25) is 0 Å². The van der Waals surface area contributed by atoms with Gasteiger partial charge in [0.1, 0.15) is 5.75 Å². The molecule has 0 aromatic heterocycles. The lowest BCUT2D eigenvalue weighted by Gasteiger charge is -2.21. The van der Waals surface area contributed by atoms with E-state index in [-0.39, 0.29) is 24.1 Å². The lowest BCUT2D eigenvalue weighted by atomic mass is 10.1. The number of hydrogen-bond acceptors (Lipinski definition) is 3. The Balaban J connectivity index is 2.72. The molecule has 0 aliphatic rings. The van der Waals surface area contributed by atoms with Crippen LogP contribution in [0.25, 0.3) is 0 Å². The summed E-state index contributed by atoms with van der Waals surface area (Å²) in [6, 6.07) is 5.71. The van der Waals surface area contributed by atoms with Crippen LogP contribution in [0.5, 0.6) is 5.75 Å². The number of ether oxygens (including phenoxy) is 1. The van der Waals surface area contributed by atoms with E-state index in [1.807, 2.05) is 52.8 Å². The van der Waals surface area contributed by atoms with Crippen molar-refractivity contribution in [3.05, 3.63) is 29.3 Å². The van der Waals surface area contributed by atoms with Crippen molar-refractivity contribution in [2.45, 2.75) is 46.2 Å². The Hall–Kier alpha value is -1.55. The molecule has 0 radical (unpaired) electrons. The van der Waals surface area contributed by atoms with Crippen LogP contribution >= 0.6 is 0 Å². The van der Waals surface area contributed by atoms with Crippen LogP contribution in [0.1, 0.15) is 44.9 Å². The smallest absolute Gasteiger partial charge is 0.258 e. The maximum Gasteiger partial charge on any atom is 0.258 e. The fourth-order valence-electron chi connectivity index (χ4n) is 1.74. The van der Waals surface area contributed by atoms with Crippen molar-refractivity contribution >= 4 is 5.91 Å². The van der Waals surface area contributed by atoms with Crippen molar-refractivity contribution in [2.24, 2.45) is 5.73 Å². The molecule has 1 aromatic carbocycles. The first kappa shape index (κ1) is 15.5. The molecule has 1 rings (SSSR count). The minimum Gasteiger partial charge on any atom is -0.483 e. The molecule has 0 bridgehead atoms. The van der Waals surface area contributed by atoms with Crippen LogP contribution in [0, 0.1) is 6.92 Å². The topological polar surface area (TPSA) is 64.3 Å². The zero-order chi connectivity index (χ0) is 14.6. The van der Waals surface area contributed by atoms with Crippen LogP contribution in [-0.2, 0) is 4.79 Å². The SMILES string of the molecule is Cc1ccc(C(C)N)c(OCC(=O)NC(C)(C)C)c1.